The summed E-state index contributed by atoms with van der Waals surface area (Å²) in [6.07, 6.45) is 3.19. The molecule has 0 heterocycles. The monoisotopic (exact) mass is 296 g/mol. The van der Waals surface area contributed by atoms with Crippen LogP contribution in [-0.4, -0.2) is 23.1 Å². The lowest BCUT2D eigenvalue weighted by Crippen LogP contribution is -2.32. The van der Waals surface area contributed by atoms with Gasteiger partial charge >= 0.3 is 12.0 Å². The summed E-state index contributed by atoms with van der Waals surface area (Å²) in [5.41, 5.74) is 0.111. The molecule has 1 aliphatic carbocycles. The second-order valence-electron chi connectivity index (χ2n) is 4.96. The minimum atomic E-state index is -1.17. The highest BCUT2D eigenvalue weighted by Crippen LogP contribution is 2.34. The molecule has 0 aliphatic heterocycles. The first-order valence-electron chi connectivity index (χ1n) is 6.62. The summed E-state index contributed by atoms with van der Waals surface area (Å²) in [6.45, 7) is 2.11. The largest absolute Gasteiger partial charge is 0.478 e. The van der Waals surface area contributed by atoms with Crippen molar-refractivity contribution in [2.75, 3.05) is 5.32 Å². The van der Waals surface area contributed by atoms with E-state index >= 15 is 0 Å². The molecule has 2 rings (SSSR count). The second-order valence-corrected chi connectivity index (χ2v) is 5.36. The number of halogens is 1. The van der Waals surface area contributed by atoms with Gasteiger partial charge in [0.05, 0.1) is 10.7 Å². The summed E-state index contributed by atoms with van der Waals surface area (Å²) in [6, 6.07) is 4.40. The van der Waals surface area contributed by atoms with E-state index in [0.29, 0.717) is 5.92 Å². The zero-order chi connectivity index (χ0) is 14.7. The molecule has 0 radical (unpaired) electrons. The fourth-order valence-electron chi connectivity index (χ4n) is 2.29. The Kier molecular flexibility index (Phi) is 4.49. The van der Waals surface area contributed by atoms with E-state index in [2.05, 4.69) is 17.6 Å². The number of anilines is 1. The highest BCUT2D eigenvalue weighted by molar-refractivity contribution is 6.34. The van der Waals surface area contributed by atoms with Crippen molar-refractivity contribution in [3.8, 4) is 0 Å². The van der Waals surface area contributed by atoms with Crippen molar-refractivity contribution in [3.05, 3.63) is 28.8 Å². The number of nitrogens with one attached hydrogen (secondary N) is 2. The summed E-state index contributed by atoms with van der Waals surface area (Å²) in [5, 5.41) is 14.6. The molecule has 1 aliphatic rings. The molecule has 1 fully saturated rings. The maximum atomic E-state index is 11.8. The Morgan fingerprint density at radius 1 is 1.45 bits per heavy atom. The first-order valence-corrected chi connectivity index (χ1v) is 7.00. The summed E-state index contributed by atoms with van der Waals surface area (Å²) < 4.78 is 0. The molecule has 0 saturated heterocycles. The van der Waals surface area contributed by atoms with Gasteiger partial charge in [-0.25, -0.2) is 9.59 Å². The summed E-state index contributed by atoms with van der Waals surface area (Å²) in [5.74, 6) is -0.620. The lowest BCUT2D eigenvalue weighted by Gasteiger charge is -2.10. The van der Waals surface area contributed by atoms with Crippen molar-refractivity contribution < 1.29 is 14.7 Å². The highest BCUT2D eigenvalue weighted by atomic mass is 35.5. The quantitative estimate of drug-likeness (QED) is 0.779. The molecule has 1 aromatic rings. The standard InChI is InChI=1S/C14H17ClN2O3/c1-2-4-8-7-11(8)17-14(20)16-10-6-3-5-9(15)12(10)13(18)19/h3,5-6,8,11H,2,4,7H2,1H3,(H,18,19)(H2,16,17,20). The molecule has 2 amide bonds. The third-order valence-electron chi connectivity index (χ3n) is 3.37. The number of aromatic carboxylic acids is 1. The normalized spacial score (nSPS) is 20.3. The fraction of sp³-hybridized carbons (Fsp3) is 0.429. The molecule has 1 saturated carbocycles. The van der Waals surface area contributed by atoms with Gasteiger partial charge in [0, 0.05) is 6.04 Å². The van der Waals surface area contributed by atoms with Crippen molar-refractivity contribution in [2.45, 2.75) is 32.2 Å². The number of hydrogen-bond acceptors (Lipinski definition) is 2. The van der Waals surface area contributed by atoms with Crippen LogP contribution >= 0.6 is 11.6 Å². The molecule has 108 valence electrons. The minimum absolute atomic E-state index is 0.0924. The Bertz CT molecular complexity index is 533. The lowest BCUT2D eigenvalue weighted by atomic mass is 10.2. The highest BCUT2D eigenvalue weighted by Gasteiger charge is 2.37. The third-order valence-corrected chi connectivity index (χ3v) is 3.69. The Labute approximate surface area is 122 Å². The van der Waals surface area contributed by atoms with Crippen LogP contribution in [-0.2, 0) is 0 Å². The SMILES string of the molecule is CCCC1CC1NC(=O)Nc1cccc(Cl)c1C(=O)O. The predicted octanol–water partition coefficient (Wildman–Crippen LogP) is 3.35. The van der Waals surface area contributed by atoms with Gasteiger partial charge in [-0.1, -0.05) is 31.0 Å². The number of hydrogen-bond donors (Lipinski definition) is 3. The van der Waals surface area contributed by atoms with Crippen molar-refractivity contribution in [2.24, 2.45) is 5.92 Å². The van der Waals surface area contributed by atoms with Crippen LogP contribution < -0.4 is 10.6 Å². The molecule has 0 aromatic heterocycles. The molecule has 6 heteroatoms. The number of carboxylic acid groups (broad SMARTS) is 1. The van der Waals surface area contributed by atoms with Crippen LogP contribution in [0.1, 0.15) is 36.5 Å². The summed E-state index contributed by atoms with van der Waals surface area (Å²) >= 11 is 5.84. The number of rotatable bonds is 5. The average molecular weight is 297 g/mol. The molecule has 3 N–H and O–H groups in total. The zero-order valence-electron chi connectivity index (χ0n) is 11.1. The Balaban J connectivity index is 1.98. The van der Waals surface area contributed by atoms with Gasteiger partial charge in [-0.2, -0.15) is 0 Å². The van der Waals surface area contributed by atoms with Crippen LogP contribution in [0, 0.1) is 5.92 Å². The molecular formula is C14H17ClN2O3. The van der Waals surface area contributed by atoms with E-state index in [9.17, 15) is 9.59 Å². The first kappa shape index (κ1) is 14.7. The predicted molar refractivity (Wildman–Crippen MR) is 77.4 cm³/mol. The van der Waals surface area contributed by atoms with E-state index in [1.54, 1.807) is 6.07 Å². The van der Waals surface area contributed by atoms with Gasteiger partial charge in [0.15, 0.2) is 0 Å². The first-order chi connectivity index (χ1) is 9.52. The van der Waals surface area contributed by atoms with Crippen LogP contribution in [0.4, 0.5) is 10.5 Å². The Hall–Kier alpha value is -1.75. The van der Waals surface area contributed by atoms with E-state index < -0.39 is 12.0 Å². The zero-order valence-corrected chi connectivity index (χ0v) is 11.9. The number of urea groups is 1. The van der Waals surface area contributed by atoms with Gasteiger partial charge in [-0.3, -0.25) is 0 Å². The fourth-order valence-corrected chi connectivity index (χ4v) is 2.54. The van der Waals surface area contributed by atoms with Crippen LogP contribution in [0.15, 0.2) is 18.2 Å². The van der Waals surface area contributed by atoms with Crippen molar-refractivity contribution in [1.82, 2.24) is 5.32 Å². The second kappa shape index (κ2) is 6.13. The van der Waals surface area contributed by atoms with E-state index in [0.717, 1.165) is 19.3 Å². The third kappa shape index (κ3) is 3.42. The van der Waals surface area contributed by atoms with Crippen LogP contribution in [0.25, 0.3) is 0 Å². The van der Waals surface area contributed by atoms with Gasteiger partial charge in [0.2, 0.25) is 0 Å². The number of amides is 2. The Morgan fingerprint density at radius 3 is 2.85 bits per heavy atom. The smallest absolute Gasteiger partial charge is 0.339 e. The van der Waals surface area contributed by atoms with Gasteiger partial charge in [0.1, 0.15) is 5.56 Å². The summed E-state index contributed by atoms with van der Waals surface area (Å²) in [4.78, 5) is 23.0. The molecule has 2 atom stereocenters. The number of benzene rings is 1. The van der Waals surface area contributed by atoms with Crippen LogP contribution in [0.3, 0.4) is 0 Å². The van der Waals surface area contributed by atoms with E-state index in [1.165, 1.54) is 12.1 Å². The number of carbonyl (C=O) groups excluding carboxylic acids is 1. The molecule has 20 heavy (non-hydrogen) atoms. The molecule has 1 aromatic carbocycles. The molecule has 5 nitrogen and oxygen atoms in total. The van der Waals surface area contributed by atoms with E-state index in [-0.39, 0.29) is 22.3 Å². The number of carbonyl (C=O) groups is 2. The van der Waals surface area contributed by atoms with Gasteiger partial charge in [0.25, 0.3) is 0 Å². The maximum Gasteiger partial charge on any atom is 0.339 e. The van der Waals surface area contributed by atoms with Crippen molar-refractivity contribution in [3.63, 3.8) is 0 Å². The van der Waals surface area contributed by atoms with Gasteiger partial charge < -0.3 is 15.7 Å². The van der Waals surface area contributed by atoms with E-state index in [4.69, 9.17) is 16.7 Å². The van der Waals surface area contributed by atoms with Crippen molar-refractivity contribution >= 4 is 29.3 Å². The van der Waals surface area contributed by atoms with Crippen molar-refractivity contribution in [1.29, 1.82) is 0 Å². The van der Waals surface area contributed by atoms with E-state index in [1.807, 2.05) is 0 Å². The van der Waals surface area contributed by atoms with Gasteiger partial charge in [-0.15, -0.1) is 0 Å². The topological polar surface area (TPSA) is 78.4 Å². The van der Waals surface area contributed by atoms with Crippen LogP contribution in [0.2, 0.25) is 5.02 Å². The minimum Gasteiger partial charge on any atom is -0.478 e. The average Bonchev–Trinajstić information content (AvgIpc) is 3.06. The molecule has 2 unspecified atom stereocenters. The maximum absolute atomic E-state index is 11.8. The molecule has 0 spiro atoms. The lowest BCUT2D eigenvalue weighted by molar-refractivity contribution is 0.0698. The summed E-state index contributed by atoms with van der Waals surface area (Å²) in [7, 11) is 0. The van der Waals surface area contributed by atoms with Gasteiger partial charge in [-0.05, 0) is 30.9 Å². The van der Waals surface area contributed by atoms with Crippen LogP contribution in [0.5, 0.6) is 0 Å². The number of carboxylic acids is 1. The molecular weight excluding hydrogens is 280 g/mol. The Morgan fingerprint density at radius 2 is 2.20 bits per heavy atom. The molecule has 0 bridgehead atoms.